The van der Waals surface area contributed by atoms with Crippen molar-refractivity contribution < 1.29 is 4.79 Å². The van der Waals surface area contributed by atoms with E-state index in [2.05, 4.69) is 28.2 Å². The fourth-order valence-electron chi connectivity index (χ4n) is 3.70. The SMILES string of the molecule is C=CCn1c(SCC(=O)Nc2sc3c(c2C#N)CCCCCC3)nnc1-c1cccs1. The summed E-state index contributed by atoms with van der Waals surface area (Å²) in [6.07, 6.45) is 8.41. The molecule has 0 bridgehead atoms. The van der Waals surface area contributed by atoms with Crippen molar-refractivity contribution in [3.05, 3.63) is 46.2 Å². The number of nitrogens with one attached hydrogen (secondary N) is 1. The molecule has 0 fully saturated rings. The van der Waals surface area contributed by atoms with Crippen molar-refractivity contribution in [1.29, 1.82) is 5.26 Å². The minimum Gasteiger partial charge on any atom is -0.316 e. The van der Waals surface area contributed by atoms with Gasteiger partial charge in [0.1, 0.15) is 11.1 Å². The second kappa shape index (κ2) is 10.3. The van der Waals surface area contributed by atoms with E-state index in [1.165, 1.54) is 29.5 Å². The van der Waals surface area contributed by atoms with Gasteiger partial charge in [0.15, 0.2) is 11.0 Å². The summed E-state index contributed by atoms with van der Waals surface area (Å²) in [5, 5.41) is 24.6. The molecule has 0 atom stereocenters. The number of amides is 1. The normalized spacial score (nSPS) is 13.6. The number of aryl methyl sites for hydroxylation is 1. The highest BCUT2D eigenvalue weighted by atomic mass is 32.2. The van der Waals surface area contributed by atoms with Crippen LogP contribution in [0.5, 0.6) is 0 Å². The van der Waals surface area contributed by atoms with Crippen molar-refractivity contribution in [2.75, 3.05) is 11.1 Å². The number of allylic oxidation sites excluding steroid dienone is 1. The van der Waals surface area contributed by atoms with E-state index in [0.717, 1.165) is 41.9 Å². The summed E-state index contributed by atoms with van der Waals surface area (Å²) in [7, 11) is 0. The molecule has 0 aliphatic heterocycles. The van der Waals surface area contributed by atoms with Gasteiger partial charge in [-0.15, -0.1) is 39.4 Å². The summed E-state index contributed by atoms with van der Waals surface area (Å²) in [6, 6.07) is 6.31. The van der Waals surface area contributed by atoms with E-state index in [0.29, 0.717) is 22.3 Å². The molecule has 0 unspecified atom stereocenters. The Kier molecular flexibility index (Phi) is 7.22. The number of hydrogen-bond acceptors (Lipinski definition) is 7. The molecule has 3 aromatic heterocycles. The molecule has 1 N–H and O–H groups in total. The highest BCUT2D eigenvalue weighted by Crippen LogP contribution is 2.36. The molecule has 0 aromatic carbocycles. The summed E-state index contributed by atoms with van der Waals surface area (Å²) in [5.74, 6) is 0.844. The predicted octanol–water partition coefficient (Wildman–Crippen LogP) is 5.52. The van der Waals surface area contributed by atoms with Gasteiger partial charge in [-0.05, 0) is 42.7 Å². The number of fused-ring (bicyclic) bond motifs is 1. The summed E-state index contributed by atoms with van der Waals surface area (Å²) in [5.41, 5.74) is 1.79. The van der Waals surface area contributed by atoms with E-state index in [9.17, 15) is 10.1 Å². The van der Waals surface area contributed by atoms with Crippen LogP contribution < -0.4 is 5.32 Å². The van der Waals surface area contributed by atoms with Crippen LogP contribution in [0.2, 0.25) is 0 Å². The second-order valence-corrected chi connectivity index (χ2v) is 10.2. The van der Waals surface area contributed by atoms with Crippen LogP contribution in [0.1, 0.15) is 41.7 Å². The van der Waals surface area contributed by atoms with Crippen molar-refractivity contribution in [1.82, 2.24) is 14.8 Å². The number of hydrogen-bond donors (Lipinski definition) is 1. The molecule has 4 rings (SSSR count). The quantitative estimate of drug-likeness (QED) is 0.364. The van der Waals surface area contributed by atoms with E-state index in [-0.39, 0.29) is 11.7 Å². The zero-order chi connectivity index (χ0) is 21.6. The second-order valence-electron chi connectivity index (χ2n) is 7.25. The van der Waals surface area contributed by atoms with Crippen LogP contribution in [0.3, 0.4) is 0 Å². The number of nitrogens with zero attached hydrogens (tertiary/aromatic N) is 4. The Labute approximate surface area is 194 Å². The van der Waals surface area contributed by atoms with Crippen LogP contribution >= 0.6 is 34.4 Å². The number of thiophene rings is 2. The molecule has 160 valence electrons. The van der Waals surface area contributed by atoms with Gasteiger partial charge < -0.3 is 5.32 Å². The van der Waals surface area contributed by atoms with Crippen LogP contribution in [0, 0.1) is 11.3 Å². The van der Waals surface area contributed by atoms with Crippen LogP contribution in [0.15, 0.2) is 35.3 Å². The van der Waals surface area contributed by atoms with Crippen molar-refractivity contribution in [3.63, 3.8) is 0 Å². The number of carbonyl (C=O) groups excluding carboxylic acids is 1. The predicted molar refractivity (Wildman–Crippen MR) is 128 cm³/mol. The third kappa shape index (κ3) is 4.92. The first-order chi connectivity index (χ1) is 15.2. The molecule has 31 heavy (non-hydrogen) atoms. The van der Waals surface area contributed by atoms with Crippen LogP contribution in [-0.4, -0.2) is 26.4 Å². The van der Waals surface area contributed by atoms with Crippen LogP contribution in [-0.2, 0) is 24.2 Å². The fourth-order valence-corrected chi connectivity index (χ4v) is 6.42. The highest BCUT2D eigenvalue weighted by Gasteiger charge is 2.21. The molecule has 6 nitrogen and oxygen atoms in total. The Balaban J connectivity index is 1.46. The molecule has 3 heterocycles. The maximum Gasteiger partial charge on any atom is 0.235 e. The molecule has 0 spiro atoms. The Morgan fingerprint density at radius 3 is 2.90 bits per heavy atom. The average molecular weight is 470 g/mol. The number of rotatable bonds is 7. The van der Waals surface area contributed by atoms with Gasteiger partial charge in [0.2, 0.25) is 5.91 Å². The van der Waals surface area contributed by atoms with Gasteiger partial charge in [0.25, 0.3) is 0 Å². The zero-order valence-corrected chi connectivity index (χ0v) is 19.5. The third-order valence-electron chi connectivity index (χ3n) is 5.14. The summed E-state index contributed by atoms with van der Waals surface area (Å²) >= 11 is 4.51. The van der Waals surface area contributed by atoms with Crippen molar-refractivity contribution in [2.45, 2.75) is 50.2 Å². The summed E-state index contributed by atoms with van der Waals surface area (Å²) in [6.45, 7) is 4.39. The van der Waals surface area contributed by atoms with Crippen molar-refractivity contribution in [2.24, 2.45) is 0 Å². The van der Waals surface area contributed by atoms with Crippen molar-refractivity contribution in [3.8, 4) is 16.8 Å². The largest absolute Gasteiger partial charge is 0.316 e. The Hall–Kier alpha value is -2.41. The Morgan fingerprint density at radius 1 is 1.32 bits per heavy atom. The van der Waals surface area contributed by atoms with Gasteiger partial charge in [-0.3, -0.25) is 9.36 Å². The monoisotopic (exact) mass is 469 g/mol. The lowest BCUT2D eigenvalue weighted by molar-refractivity contribution is -0.113. The smallest absolute Gasteiger partial charge is 0.235 e. The third-order valence-corrected chi connectivity index (χ3v) is 8.18. The van der Waals surface area contributed by atoms with E-state index in [4.69, 9.17) is 0 Å². The van der Waals surface area contributed by atoms with Gasteiger partial charge in [-0.25, -0.2) is 0 Å². The minimum absolute atomic E-state index is 0.137. The number of carbonyl (C=O) groups is 1. The van der Waals surface area contributed by atoms with Gasteiger partial charge >= 0.3 is 0 Å². The lowest BCUT2D eigenvalue weighted by atomic mass is 9.97. The van der Waals surface area contributed by atoms with E-state index in [1.807, 2.05) is 22.1 Å². The lowest BCUT2D eigenvalue weighted by Crippen LogP contribution is -2.14. The number of aromatic nitrogens is 3. The number of nitriles is 1. The maximum absolute atomic E-state index is 12.7. The van der Waals surface area contributed by atoms with Crippen LogP contribution in [0.4, 0.5) is 5.00 Å². The molecule has 0 radical (unpaired) electrons. The Morgan fingerprint density at radius 2 is 2.16 bits per heavy atom. The average Bonchev–Trinajstić information content (AvgIpc) is 3.46. The summed E-state index contributed by atoms with van der Waals surface area (Å²) < 4.78 is 1.97. The molecular formula is C22H23N5OS3. The molecule has 1 amide bonds. The molecule has 0 saturated heterocycles. The summed E-state index contributed by atoms with van der Waals surface area (Å²) in [4.78, 5) is 15.0. The molecule has 1 aliphatic carbocycles. The van der Waals surface area contributed by atoms with E-state index >= 15 is 0 Å². The van der Waals surface area contributed by atoms with Crippen LogP contribution in [0.25, 0.3) is 10.7 Å². The topological polar surface area (TPSA) is 83.6 Å². The molecule has 9 heteroatoms. The van der Waals surface area contributed by atoms with Gasteiger partial charge in [-0.1, -0.05) is 36.7 Å². The number of thioether (sulfide) groups is 1. The van der Waals surface area contributed by atoms with E-state index in [1.54, 1.807) is 28.7 Å². The van der Waals surface area contributed by atoms with Gasteiger partial charge in [0.05, 0.1) is 16.2 Å². The molecular weight excluding hydrogens is 446 g/mol. The standard InChI is InChI=1S/C22H23N5OS3/c1-2-11-27-20(18-10-7-12-29-18)25-26-22(27)30-14-19(28)24-21-16(13-23)15-8-5-3-4-6-9-17(15)31-21/h2,7,10,12H,1,3-6,8-9,11,14H2,(H,24,28). The van der Waals surface area contributed by atoms with E-state index < -0.39 is 0 Å². The fraction of sp³-hybridized carbons (Fsp3) is 0.364. The Bertz CT molecular complexity index is 1110. The first kappa shape index (κ1) is 21.8. The van der Waals surface area contributed by atoms with Gasteiger partial charge in [-0.2, -0.15) is 5.26 Å². The molecule has 1 aliphatic rings. The first-order valence-electron chi connectivity index (χ1n) is 10.3. The van der Waals surface area contributed by atoms with Gasteiger partial charge in [0, 0.05) is 11.4 Å². The molecule has 3 aromatic rings. The molecule has 0 saturated carbocycles. The first-order valence-corrected chi connectivity index (χ1v) is 12.9. The zero-order valence-electron chi connectivity index (χ0n) is 17.1. The number of anilines is 1. The minimum atomic E-state index is -0.137. The maximum atomic E-state index is 12.7. The van der Waals surface area contributed by atoms with Crippen molar-refractivity contribution >= 4 is 45.3 Å². The highest BCUT2D eigenvalue weighted by molar-refractivity contribution is 7.99. The lowest BCUT2D eigenvalue weighted by Gasteiger charge is -2.08.